The molecule has 0 aromatic heterocycles. The van der Waals surface area contributed by atoms with Crippen LogP contribution in [0.4, 0.5) is 11.4 Å². The van der Waals surface area contributed by atoms with Crippen LogP contribution in [-0.4, -0.2) is 16.2 Å². The minimum absolute atomic E-state index is 0.0310. The number of rotatable bonds is 4. The lowest BCUT2D eigenvalue weighted by Crippen LogP contribution is -2.10. The van der Waals surface area contributed by atoms with Gasteiger partial charge in [0.25, 0.3) is 5.69 Å². The standard InChI is InChI=1S/C19H20N2O3/c1-19(2,3)15-9-10-18(22)17(13-15)20-11-5-7-14-6-4-8-16(12-14)21(23)24/h4-13,22H,1-3H3. The van der Waals surface area contributed by atoms with Gasteiger partial charge in [-0.15, -0.1) is 0 Å². The highest BCUT2D eigenvalue weighted by Crippen LogP contribution is 2.32. The summed E-state index contributed by atoms with van der Waals surface area (Å²) < 4.78 is 0. The van der Waals surface area contributed by atoms with E-state index in [-0.39, 0.29) is 16.9 Å². The Bertz CT molecular complexity index is 802. The summed E-state index contributed by atoms with van der Waals surface area (Å²) >= 11 is 0. The number of benzene rings is 2. The van der Waals surface area contributed by atoms with Gasteiger partial charge in [0, 0.05) is 18.3 Å². The average Bonchev–Trinajstić information content (AvgIpc) is 2.52. The molecule has 0 saturated heterocycles. The molecule has 0 bridgehead atoms. The number of allylic oxidation sites excluding steroid dienone is 1. The number of nitrogens with zero attached hydrogens (tertiary/aromatic N) is 2. The monoisotopic (exact) mass is 324 g/mol. The number of non-ortho nitro benzene ring substituents is 1. The van der Waals surface area contributed by atoms with E-state index in [1.165, 1.54) is 12.1 Å². The number of aliphatic imine (C=N–C) groups is 1. The van der Waals surface area contributed by atoms with E-state index in [4.69, 9.17) is 0 Å². The second kappa shape index (κ2) is 7.08. The number of phenols is 1. The van der Waals surface area contributed by atoms with Crippen LogP contribution in [0.5, 0.6) is 5.75 Å². The van der Waals surface area contributed by atoms with Crippen molar-refractivity contribution in [1.82, 2.24) is 0 Å². The van der Waals surface area contributed by atoms with Gasteiger partial charge >= 0.3 is 0 Å². The Hall–Kier alpha value is -2.95. The lowest BCUT2D eigenvalue weighted by Gasteiger charge is -2.19. The van der Waals surface area contributed by atoms with Gasteiger partial charge in [-0.3, -0.25) is 15.1 Å². The summed E-state index contributed by atoms with van der Waals surface area (Å²) in [5.41, 5.74) is 2.30. The van der Waals surface area contributed by atoms with Crippen molar-refractivity contribution in [2.75, 3.05) is 0 Å². The molecular formula is C19H20N2O3. The minimum atomic E-state index is -0.429. The first-order valence-corrected chi connectivity index (χ1v) is 7.56. The molecule has 0 unspecified atom stereocenters. The van der Waals surface area contributed by atoms with Gasteiger partial charge in [0.1, 0.15) is 11.4 Å². The number of hydrogen-bond donors (Lipinski definition) is 1. The zero-order chi connectivity index (χ0) is 17.7. The highest BCUT2D eigenvalue weighted by atomic mass is 16.6. The highest BCUT2D eigenvalue weighted by molar-refractivity contribution is 5.81. The molecule has 2 aromatic carbocycles. The van der Waals surface area contributed by atoms with Crippen LogP contribution < -0.4 is 0 Å². The Morgan fingerprint density at radius 2 is 1.92 bits per heavy atom. The first-order chi connectivity index (χ1) is 11.3. The van der Waals surface area contributed by atoms with Crippen LogP contribution in [0.1, 0.15) is 31.9 Å². The second-order valence-corrected chi connectivity index (χ2v) is 6.44. The van der Waals surface area contributed by atoms with Crippen LogP contribution in [-0.2, 0) is 5.41 Å². The van der Waals surface area contributed by atoms with Crippen molar-refractivity contribution in [2.24, 2.45) is 4.99 Å². The van der Waals surface area contributed by atoms with E-state index in [2.05, 4.69) is 25.8 Å². The van der Waals surface area contributed by atoms with Crippen LogP contribution in [0.25, 0.3) is 6.08 Å². The van der Waals surface area contributed by atoms with Gasteiger partial charge in [-0.25, -0.2) is 0 Å². The molecule has 0 radical (unpaired) electrons. The van der Waals surface area contributed by atoms with Crippen molar-refractivity contribution in [2.45, 2.75) is 26.2 Å². The molecule has 5 heteroatoms. The minimum Gasteiger partial charge on any atom is -0.506 e. The van der Waals surface area contributed by atoms with Crippen molar-refractivity contribution in [3.05, 3.63) is 69.8 Å². The number of nitro groups is 1. The molecule has 2 rings (SSSR count). The summed E-state index contributed by atoms with van der Waals surface area (Å²) in [7, 11) is 0. The fraction of sp³-hybridized carbons (Fsp3) is 0.211. The number of phenolic OH excluding ortho intramolecular Hbond substituents is 1. The third-order valence-electron chi connectivity index (χ3n) is 3.51. The molecule has 0 aliphatic carbocycles. The summed E-state index contributed by atoms with van der Waals surface area (Å²) in [6.45, 7) is 6.28. The predicted molar refractivity (Wildman–Crippen MR) is 97.1 cm³/mol. The van der Waals surface area contributed by atoms with E-state index in [1.54, 1.807) is 36.6 Å². The molecule has 0 spiro atoms. The summed E-state index contributed by atoms with van der Waals surface area (Å²) in [5.74, 6) is 0.114. The normalized spacial score (nSPS) is 12.1. The molecule has 0 heterocycles. The van der Waals surface area contributed by atoms with Crippen LogP contribution in [0.15, 0.2) is 53.5 Å². The second-order valence-electron chi connectivity index (χ2n) is 6.44. The van der Waals surface area contributed by atoms with E-state index in [9.17, 15) is 15.2 Å². The molecule has 2 aromatic rings. The zero-order valence-electron chi connectivity index (χ0n) is 13.9. The first-order valence-electron chi connectivity index (χ1n) is 7.56. The maximum absolute atomic E-state index is 10.7. The maximum Gasteiger partial charge on any atom is 0.270 e. The quantitative estimate of drug-likeness (QED) is 0.488. The lowest BCUT2D eigenvalue weighted by molar-refractivity contribution is -0.384. The van der Waals surface area contributed by atoms with Crippen molar-refractivity contribution >= 4 is 23.7 Å². The Kier molecular flexibility index (Phi) is 5.14. The Morgan fingerprint density at radius 3 is 2.58 bits per heavy atom. The zero-order valence-corrected chi connectivity index (χ0v) is 13.9. The topological polar surface area (TPSA) is 75.7 Å². The van der Waals surface area contributed by atoms with Gasteiger partial charge in [-0.2, -0.15) is 0 Å². The van der Waals surface area contributed by atoms with E-state index < -0.39 is 4.92 Å². The van der Waals surface area contributed by atoms with Crippen LogP contribution in [0, 0.1) is 10.1 Å². The molecule has 124 valence electrons. The van der Waals surface area contributed by atoms with Crippen molar-refractivity contribution in [1.29, 1.82) is 0 Å². The molecule has 0 amide bonds. The maximum atomic E-state index is 10.7. The van der Waals surface area contributed by atoms with Gasteiger partial charge in [-0.1, -0.05) is 45.0 Å². The van der Waals surface area contributed by atoms with Gasteiger partial charge in [0.2, 0.25) is 0 Å². The van der Waals surface area contributed by atoms with Gasteiger partial charge in [-0.05, 0) is 34.8 Å². The number of nitro benzene ring substituents is 1. The average molecular weight is 324 g/mol. The number of aromatic hydroxyl groups is 1. The van der Waals surface area contributed by atoms with E-state index in [1.807, 2.05) is 12.1 Å². The summed E-state index contributed by atoms with van der Waals surface area (Å²) in [5, 5.41) is 20.6. The summed E-state index contributed by atoms with van der Waals surface area (Å²) in [6.07, 6.45) is 4.96. The lowest BCUT2D eigenvalue weighted by atomic mass is 9.87. The molecule has 0 fully saturated rings. The largest absolute Gasteiger partial charge is 0.506 e. The third-order valence-corrected chi connectivity index (χ3v) is 3.51. The summed E-state index contributed by atoms with van der Waals surface area (Å²) in [4.78, 5) is 14.6. The third kappa shape index (κ3) is 4.52. The summed E-state index contributed by atoms with van der Waals surface area (Å²) in [6, 6.07) is 11.7. The fourth-order valence-electron chi connectivity index (χ4n) is 2.11. The molecule has 1 N–H and O–H groups in total. The van der Waals surface area contributed by atoms with Gasteiger partial charge in [0.15, 0.2) is 0 Å². The first kappa shape index (κ1) is 17.4. The Morgan fingerprint density at radius 1 is 1.17 bits per heavy atom. The fourth-order valence-corrected chi connectivity index (χ4v) is 2.11. The molecule has 0 aliphatic rings. The Labute approximate surface area is 141 Å². The Balaban J connectivity index is 2.17. The van der Waals surface area contributed by atoms with Crippen molar-refractivity contribution < 1.29 is 10.0 Å². The molecule has 5 nitrogen and oxygen atoms in total. The predicted octanol–water partition coefficient (Wildman–Crippen LogP) is 5.01. The van der Waals surface area contributed by atoms with Gasteiger partial charge in [0.05, 0.1) is 4.92 Å². The molecule has 0 aliphatic heterocycles. The van der Waals surface area contributed by atoms with Crippen LogP contribution in [0.2, 0.25) is 0 Å². The molecule has 24 heavy (non-hydrogen) atoms. The van der Waals surface area contributed by atoms with Crippen molar-refractivity contribution in [3.8, 4) is 5.75 Å². The van der Waals surface area contributed by atoms with Crippen LogP contribution >= 0.6 is 0 Å². The van der Waals surface area contributed by atoms with Gasteiger partial charge < -0.3 is 5.11 Å². The molecule has 0 atom stereocenters. The van der Waals surface area contributed by atoms with E-state index >= 15 is 0 Å². The van der Waals surface area contributed by atoms with Crippen molar-refractivity contribution in [3.63, 3.8) is 0 Å². The van der Waals surface area contributed by atoms with E-state index in [0.29, 0.717) is 11.3 Å². The van der Waals surface area contributed by atoms with Crippen LogP contribution in [0.3, 0.4) is 0 Å². The molecule has 0 saturated carbocycles. The van der Waals surface area contributed by atoms with E-state index in [0.717, 1.165) is 5.56 Å². The molecular weight excluding hydrogens is 304 g/mol. The smallest absolute Gasteiger partial charge is 0.270 e. The SMILES string of the molecule is CC(C)(C)c1ccc(O)c(N=CC=Cc2cccc([N+](=O)[O-])c2)c1. The highest BCUT2D eigenvalue weighted by Gasteiger charge is 2.14. The number of hydrogen-bond acceptors (Lipinski definition) is 4.